The number of anilines is 1. The van der Waals surface area contributed by atoms with E-state index >= 15 is 0 Å². The first-order chi connectivity index (χ1) is 10.3. The SMILES string of the molecule is CCCC1(CCC)C=NN(c2ccc(C(F)(F)F)cc2)C1=O. The topological polar surface area (TPSA) is 32.7 Å². The van der Waals surface area contributed by atoms with E-state index in [1.807, 2.05) is 13.8 Å². The Morgan fingerprint density at radius 3 is 2.09 bits per heavy atom. The van der Waals surface area contributed by atoms with Crippen molar-refractivity contribution in [2.45, 2.75) is 45.7 Å². The van der Waals surface area contributed by atoms with Crippen LogP contribution in [-0.2, 0) is 11.0 Å². The van der Waals surface area contributed by atoms with E-state index in [2.05, 4.69) is 5.10 Å². The molecule has 1 aromatic carbocycles. The summed E-state index contributed by atoms with van der Waals surface area (Å²) in [4.78, 5) is 12.7. The zero-order chi connectivity index (χ0) is 16.4. The number of hydrogen-bond donors (Lipinski definition) is 0. The van der Waals surface area contributed by atoms with Gasteiger partial charge in [0.1, 0.15) is 0 Å². The number of benzene rings is 1. The van der Waals surface area contributed by atoms with Crippen LogP contribution < -0.4 is 5.01 Å². The van der Waals surface area contributed by atoms with Gasteiger partial charge in [-0.05, 0) is 37.1 Å². The molecule has 0 bridgehead atoms. The van der Waals surface area contributed by atoms with Gasteiger partial charge in [-0.2, -0.15) is 18.3 Å². The number of amides is 1. The van der Waals surface area contributed by atoms with Crippen LogP contribution in [0, 0.1) is 5.41 Å². The molecule has 0 aliphatic carbocycles. The van der Waals surface area contributed by atoms with Gasteiger partial charge in [0, 0.05) is 6.21 Å². The first-order valence-corrected chi connectivity index (χ1v) is 7.41. The molecular weight excluding hydrogens is 293 g/mol. The lowest BCUT2D eigenvalue weighted by atomic mass is 9.80. The predicted molar refractivity (Wildman–Crippen MR) is 79.7 cm³/mol. The van der Waals surface area contributed by atoms with Gasteiger partial charge in [-0.3, -0.25) is 4.79 Å². The summed E-state index contributed by atoms with van der Waals surface area (Å²) in [5, 5.41) is 5.36. The Labute approximate surface area is 127 Å². The standard InChI is InChI=1S/C16H19F3N2O/c1-3-9-15(10-4-2)11-20-21(14(15)22)13-7-5-12(6-8-13)16(17,18)19/h5-8,11H,3-4,9-10H2,1-2H3. The summed E-state index contributed by atoms with van der Waals surface area (Å²) >= 11 is 0. The maximum Gasteiger partial charge on any atom is 0.416 e. The van der Waals surface area contributed by atoms with Crippen molar-refractivity contribution >= 4 is 17.8 Å². The number of carbonyl (C=O) groups is 1. The number of carbonyl (C=O) groups excluding carboxylic acids is 1. The molecule has 1 amide bonds. The minimum absolute atomic E-state index is 0.157. The molecule has 1 aliphatic rings. The maximum atomic E-state index is 12.7. The van der Waals surface area contributed by atoms with Gasteiger partial charge in [-0.1, -0.05) is 26.7 Å². The normalized spacial score (nSPS) is 17.3. The van der Waals surface area contributed by atoms with E-state index in [0.717, 1.165) is 25.0 Å². The fraction of sp³-hybridized carbons (Fsp3) is 0.500. The fourth-order valence-electron chi connectivity index (χ4n) is 2.82. The van der Waals surface area contributed by atoms with E-state index in [0.29, 0.717) is 18.5 Å². The molecule has 0 N–H and O–H groups in total. The van der Waals surface area contributed by atoms with E-state index in [-0.39, 0.29) is 5.91 Å². The van der Waals surface area contributed by atoms with Gasteiger partial charge in [0.2, 0.25) is 0 Å². The number of rotatable bonds is 5. The Hall–Kier alpha value is -1.85. The number of nitrogens with zero attached hydrogens (tertiary/aromatic N) is 2. The summed E-state index contributed by atoms with van der Waals surface area (Å²) in [6.45, 7) is 4.00. The lowest BCUT2D eigenvalue weighted by Gasteiger charge is -2.25. The van der Waals surface area contributed by atoms with Crippen molar-refractivity contribution in [3.8, 4) is 0 Å². The number of alkyl halides is 3. The van der Waals surface area contributed by atoms with E-state index in [1.165, 1.54) is 17.1 Å². The molecule has 2 rings (SSSR count). The van der Waals surface area contributed by atoms with Crippen LogP contribution in [0.5, 0.6) is 0 Å². The molecular formula is C16H19F3N2O. The van der Waals surface area contributed by atoms with Crippen molar-refractivity contribution in [2.24, 2.45) is 10.5 Å². The lowest BCUT2D eigenvalue weighted by molar-refractivity contribution is -0.137. The second-order valence-corrected chi connectivity index (χ2v) is 5.56. The monoisotopic (exact) mass is 312 g/mol. The predicted octanol–water partition coefficient (Wildman–Crippen LogP) is 4.62. The molecule has 0 saturated carbocycles. The van der Waals surface area contributed by atoms with E-state index in [1.54, 1.807) is 6.21 Å². The van der Waals surface area contributed by atoms with Gasteiger partial charge in [0.05, 0.1) is 16.7 Å². The van der Waals surface area contributed by atoms with Crippen LogP contribution in [0.4, 0.5) is 18.9 Å². The molecule has 1 heterocycles. The van der Waals surface area contributed by atoms with Crippen molar-refractivity contribution < 1.29 is 18.0 Å². The molecule has 1 aliphatic heterocycles. The Balaban J connectivity index is 2.25. The van der Waals surface area contributed by atoms with E-state index in [4.69, 9.17) is 0 Å². The van der Waals surface area contributed by atoms with Crippen LogP contribution in [0.3, 0.4) is 0 Å². The van der Waals surface area contributed by atoms with Gasteiger partial charge in [-0.15, -0.1) is 0 Å². The van der Waals surface area contributed by atoms with E-state index < -0.39 is 17.2 Å². The quantitative estimate of drug-likeness (QED) is 0.780. The second-order valence-electron chi connectivity index (χ2n) is 5.56. The van der Waals surface area contributed by atoms with Crippen LogP contribution >= 0.6 is 0 Å². The molecule has 0 unspecified atom stereocenters. The zero-order valence-corrected chi connectivity index (χ0v) is 12.7. The first kappa shape index (κ1) is 16.5. The number of hydrogen-bond acceptors (Lipinski definition) is 2. The van der Waals surface area contributed by atoms with Gasteiger partial charge in [-0.25, -0.2) is 5.01 Å². The van der Waals surface area contributed by atoms with Crippen molar-refractivity contribution in [3.63, 3.8) is 0 Å². The average molecular weight is 312 g/mol. The summed E-state index contributed by atoms with van der Waals surface area (Å²) in [5.41, 5.74) is -0.991. The molecule has 22 heavy (non-hydrogen) atoms. The molecule has 0 spiro atoms. The molecule has 0 atom stereocenters. The van der Waals surface area contributed by atoms with Crippen molar-refractivity contribution in [1.29, 1.82) is 0 Å². The highest BCUT2D eigenvalue weighted by molar-refractivity contribution is 6.11. The smallest absolute Gasteiger partial charge is 0.271 e. The summed E-state index contributed by atoms with van der Waals surface area (Å²) in [7, 11) is 0. The largest absolute Gasteiger partial charge is 0.416 e. The minimum atomic E-state index is -4.38. The first-order valence-electron chi connectivity index (χ1n) is 7.41. The van der Waals surface area contributed by atoms with Crippen LogP contribution in [0.25, 0.3) is 0 Å². The highest BCUT2D eigenvalue weighted by Gasteiger charge is 2.43. The molecule has 0 aromatic heterocycles. The minimum Gasteiger partial charge on any atom is -0.271 e. The third-order valence-electron chi connectivity index (χ3n) is 3.87. The van der Waals surface area contributed by atoms with Crippen LogP contribution in [0.15, 0.2) is 29.4 Å². The Morgan fingerprint density at radius 1 is 1.09 bits per heavy atom. The Morgan fingerprint density at radius 2 is 1.64 bits per heavy atom. The van der Waals surface area contributed by atoms with Gasteiger partial charge < -0.3 is 0 Å². The number of halogens is 3. The van der Waals surface area contributed by atoms with E-state index in [9.17, 15) is 18.0 Å². The van der Waals surface area contributed by atoms with Crippen LogP contribution in [0.1, 0.15) is 45.1 Å². The van der Waals surface area contributed by atoms with Crippen LogP contribution in [-0.4, -0.2) is 12.1 Å². The van der Waals surface area contributed by atoms with Gasteiger partial charge in [0.15, 0.2) is 0 Å². The highest BCUT2D eigenvalue weighted by atomic mass is 19.4. The Bertz CT molecular complexity index is 558. The van der Waals surface area contributed by atoms with Crippen molar-refractivity contribution in [3.05, 3.63) is 29.8 Å². The molecule has 0 fully saturated rings. The van der Waals surface area contributed by atoms with Crippen molar-refractivity contribution in [1.82, 2.24) is 0 Å². The second kappa shape index (κ2) is 6.10. The summed E-state index contributed by atoms with van der Waals surface area (Å²) in [6, 6.07) is 4.51. The molecule has 3 nitrogen and oxygen atoms in total. The zero-order valence-electron chi connectivity index (χ0n) is 12.7. The molecule has 0 radical (unpaired) electrons. The molecule has 1 aromatic rings. The molecule has 120 valence electrons. The van der Waals surface area contributed by atoms with Gasteiger partial charge >= 0.3 is 6.18 Å². The summed E-state index contributed by atoms with van der Waals surface area (Å²) < 4.78 is 37.8. The maximum absolute atomic E-state index is 12.7. The fourth-order valence-corrected chi connectivity index (χ4v) is 2.82. The van der Waals surface area contributed by atoms with Gasteiger partial charge in [0.25, 0.3) is 5.91 Å². The van der Waals surface area contributed by atoms with Crippen molar-refractivity contribution in [2.75, 3.05) is 5.01 Å². The number of hydrazone groups is 1. The Kier molecular flexibility index (Phi) is 4.58. The lowest BCUT2D eigenvalue weighted by Crippen LogP contribution is -2.36. The van der Waals surface area contributed by atoms with Crippen LogP contribution in [0.2, 0.25) is 0 Å². The summed E-state index contributed by atoms with van der Waals surface area (Å²) in [6.07, 6.45) is 0.350. The summed E-state index contributed by atoms with van der Waals surface area (Å²) in [5.74, 6) is -0.157. The average Bonchev–Trinajstić information content (AvgIpc) is 2.77. The molecule has 6 heteroatoms. The highest BCUT2D eigenvalue weighted by Crippen LogP contribution is 2.37. The third-order valence-corrected chi connectivity index (χ3v) is 3.87. The third kappa shape index (κ3) is 3.00. The molecule has 0 saturated heterocycles.